The standard InChI is InChI=1S/C11H6FNO2/c12-10-4-3-9(7-11(14)15)8(6-10)2-1-5-13/h3-4,6H,7H2,(H,14,15). The Balaban J connectivity index is 3.15. The zero-order chi connectivity index (χ0) is 11.3. The van der Waals surface area contributed by atoms with Crippen molar-refractivity contribution >= 4 is 5.97 Å². The van der Waals surface area contributed by atoms with E-state index < -0.39 is 11.8 Å². The van der Waals surface area contributed by atoms with Crippen LogP contribution >= 0.6 is 0 Å². The van der Waals surface area contributed by atoms with Crippen LogP contribution in [0.15, 0.2) is 18.2 Å². The molecule has 1 N–H and O–H groups in total. The molecule has 0 aliphatic carbocycles. The molecule has 15 heavy (non-hydrogen) atoms. The number of rotatable bonds is 2. The number of nitriles is 1. The van der Waals surface area contributed by atoms with Crippen molar-refractivity contribution in [2.24, 2.45) is 0 Å². The summed E-state index contributed by atoms with van der Waals surface area (Å²) in [6.07, 6.45) is -0.240. The van der Waals surface area contributed by atoms with Crippen LogP contribution in [0.5, 0.6) is 0 Å². The summed E-state index contributed by atoms with van der Waals surface area (Å²) in [5.74, 6) is 2.96. The fourth-order valence-electron chi connectivity index (χ4n) is 1.08. The van der Waals surface area contributed by atoms with Gasteiger partial charge in [0, 0.05) is 11.5 Å². The molecule has 0 fully saturated rings. The van der Waals surface area contributed by atoms with Gasteiger partial charge in [-0.05, 0) is 17.7 Å². The van der Waals surface area contributed by atoms with Crippen LogP contribution in [0.1, 0.15) is 11.1 Å². The summed E-state index contributed by atoms with van der Waals surface area (Å²) in [4.78, 5) is 10.5. The number of carboxylic acids is 1. The Morgan fingerprint density at radius 3 is 2.87 bits per heavy atom. The van der Waals surface area contributed by atoms with Gasteiger partial charge in [0.1, 0.15) is 5.82 Å². The maximum absolute atomic E-state index is 12.8. The van der Waals surface area contributed by atoms with Gasteiger partial charge >= 0.3 is 5.97 Å². The summed E-state index contributed by atoms with van der Waals surface area (Å²) in [5.41, 5.74) is 0.630. The van der Waals surface area contributed by atoms with E-state index in [1.165, 1.54) is 6.07 Å². The van der Waals surface area contributed by atoms with E-state index in [0.29, 0.717) is 5.56 Å². The fourth-order valence-corrected chi connectivity index (χ4v) is 1.08. The zero-order valence-corrected chi connectivity index (χ0v) is 7.62. The molecular formula is C11H6FNO2. The fraction of sp³-hybridized carbons (Fsp3) is 0.0909. The molecule has 4 heteroatoms. The molecule has 0 aliphatic heterocycles. The summed E-state index contributed by atoms with van der Waals surface area (Å²) >= 11 is 0. The molecule has 0 bridgehead atoms. The van der Waals surface area contributed by atoms with Gasteiger partial charge < -0.3 is 5.11 Å². The second-order valence-electron chi connectivity index (χ2n) is 2.73. The van der Waals surface area contributed by atoms with E-state index in [4.69, 9.17) is 10.4 Å². The number of halogens is 1. The lowest BCUT2D eigenvalue weighted by Gasteiger charge is -2.00. The number of nitrogens with zero attached hydrogens (tertiary/aromatic N) is 1. The second-order valence-corrected chi connectivity index (χ2v) is 2.73. The first-order chi connectivity index (χ1) is 7.13. The van der Waals surface area contributed by atoms with E-state index in [2.05, 4.69) is 11.8 Å². The molecule has 1 aromatic rings. The summed E-state index contributed by atoms with van der Waals surface area (Å²) in [6, 6.07) is 5.21. The lowest BCUT2D eigenvalue weighted by atomic mass is 10.0. The molecule has 0 saturated carbocycles. The van der Waals surface area contributed by atoms with Crippen LogP contribution in [-0.2, 0) is 11.2 Å². The maximum atomic E-state index is 12.8. The summed E-state index contributed by atoms with van der Waals surface area (Å²) in [7, 11) is 0. The van der Waals surface area contributed by atoms with Crippen LogP contribution in [0.2, 0.25) is 0 Å². The normalized spacial score (nSPS) is 8.53. The highest BCUT2D eigenvalue weighted by atomic mass is 19.1. The zero-order valence-electron chi connectivity index (χ0n) is 7.62. The lowest BCUT2D eigenvalue weighted by molar-refractivity contribution is -0.136. The molecule has 0 saturated heterocycles. The average Bonchev–Trinajstić information content (AvgIpc) is 2.18. The third kappa shape index (κ3) is 3.13. The molecule has 0 heterocycles. The van der Waals surface area contributed by atoms with Gasteiger partial charge in [0.15, 0.2) is 6.07 Å². The molecule has 0 aromatic heterocycles. The first-order valence-electron chi connectivity index (χ1n) is 4.04. The van der Waals surface area contributed by atoms with Crippen molar-refractivity contribution in [2.45, 2.75) is 6.42 Å². The maximum Gasteiger partial charge on any atom is 0.307 e. The van der Waals surface area contributed by atoms with E-state index >= 15 is 0 Å². The van der Waals surface area contributed by atoms with Crippen molar-refractivity contribution < 1.29 is 14.3 Å². The highest BCUT2D eigenvalue weighted by Gasteiger charge is 2.06. The number of hydrogen-bond donors (Lipinski definition) is 1. The molecule has 0 aliphatic rings. The minimum absolute atomic E-state index is 0.235. The number of hydrogen-bond acceptors (Lipinski definition) is 2. The Bertz CT molecular complexity index is 492. The van der Waals surface area contributed by atoms with Crippen molar-refractivity contribution in [1.29, 1.82) is 5.26 Å². The molecule has 3 nitrogen and oxygen atoms in total. The Labute approximate surface area is 85.8 Å². The Hall–Kier alpha value is -2.33. The number of carboxylic acid groups (broad SMARTS) is 1. The molecular weight excluding hydrogens is 197 g/mol. The van der Waals surface area contributed by atoms with Crippen LogP contribution in [0, 0.1) is 29.0 Å². The van der Waals surface area contributed by atoms with Gasteiger partial charge in [0.2, 0.25) is 0 Å². The Morgan fingerprint density at radius 2 is 2.27 bits per heavy atom. The van der Waals surface area contributed by atoms with E-state index in [9.17, 15) is 9.18 Å². The largest absolute Gasteiger partial charge is 0.481 e. The first kappa shape index (κ1) is 10.7. The van der Waals surface area contributed by atoms with Crippen molar-refractivity contribution in [3.63, 3.8) is 0 Å². The van der Waals surface area contributed by atoms with E-state index in [1.54, 1.807) is 6.07 Å². The summed E-state index contributed by atoms with van der Waals surface area (Å²) in [6.45, 7) is 0. The Kier molecular flexibility index (Phi) is 3.43. The van der Waals surface area contributed by atoms with Crippen LogP contribution in [0.4, 0.5) is 4.39 Å². The summed E-state index contributed by atoms with van der Waals surface area (Å²) in [5, 5.41) is 16.8. The van der Waals surface area contributed by atoms with Crippen LogP contribution in [0.25, 0.3) is 0 Å². The number of carbonyl (C=O) groups is 1. The lowest BCUT2D eigenvalue weighted by Crippen LogP contribution is -2.02. The van der Waals surface area contributed by atoms with Gasteiger partial charge in [-0.15, -0.1) is 0 Å². The smallest absolute Gasteiger partial charge is 0.307 e. The average molecular weight is 203 g/mol. The van der Waals surface area contributed by atoms with Crippen molar-refractivity contribution in [3.05, 3.63) is 35.1 Å². The third-order valence-corrected chi connectivity index (χ3v) is 1.67. The quantitative estimate of drug-likeness (QED) is 0.737. The van der Waals surface area contributed by atoms with E-state index in [-0.39, 0.29) is 12.0 Å². The molecule has 0 spiro atoms. The third-order valence-electron chi connectivity index (χ3n) is 1.67. The van der Waals surface area contributed by atoms with Crippen molar-refractivity contribution in [3.8, 4) is 17.9 Å². The van der Waals surface area contributed by atoms with Gasteiger partial charge in [0.05, 0.1) is 6.42 Å². The molecule has 0 radical (unpaired) electrons. The number of aliphatic carboxylic acids is 1. The molecule has 0 unspecified atom stereocenters. The molecule has 0 atom stereocenters. The van der Waals surface area contributed by atoms with Crippen LogP contribution in [-0.4, -0.2) is 11.1 Å². The van der Waals surface area contributed by atoms with Gasteiger partial charge in [-0.2, -0.15) is 5.26 Å². The van der Waals surface area contributed by atoms with Gasteiger partial charge in [-0.1, -0.05) is 12.0 Å². The first-order valence-corrected chi connectivity index (χ1v) is 4.04. The van der Waals surface area contributed by atoms with E-state index in [0.717, 1.165) is 12.1 Å². The molecule has 1 aromatic carbocycles. The topological polar surface area (TPSA) is 61.1 Å². The van der Waals surface area contributed by atoms with Crippen molar-refractivity contribution in [1.82, 2.24) is 0 Å². The molecule has 0 amide bonds. The number of benzene rings is 1. The predicted octanol–water partition coefficient (Wildman–Crippen LogP) is 1.33. The highest BCUT2D eigenvalue weighted by molar-refractivity contribution is 5.71. The van der Waals surface area contributed by atoms with Gasteiger partial charge in [-0.25, -0.2) is 4.39 Å². The van der Waals surface area contributed by atoms with Crippen molar-refractivity contribution in [2.75, 3.05) is 0 Å². The monoisotopic (exact) mass is 203 g/mol. The molecule has 1 rings (SSSR count). The minimum Gasteiger partial charge on any atom is -0.481 e. The highest BCUT2D eigenvalue weighted by Crippen LogP contribution is 2.11. The minimum atomic E-state index is -1.03. The second kappa shape index (κ2) is 4.78. The van der Waals surface area contributed by atoms with Crippen LogP contribution in [0.3, 0.4) is 0 Å². The predicted molar refractivity (Wildman–Crippen MR) is 50.2 cm³/mol. The van der Waals surface area contributed by atoms with E-state index in [1.807, 2.05) is 0 Å². The molecule has 74 valence electrons. The summed E-state index contributed by atoms with van der Waals surface area (Å²) < 4.78 is 12.8. The van der Waals surface area contributed by atoms with Gasteiger partial charge in [0.25, 0.3) is 0 Å². The van der Waals surface area contributed by atoms with Crippen LogP contribution < -0.4 is 0 Å². The SMILES string of the molecule is N#CC#Cc1cc(F)ccc1CC(=O)O. The van der Waals surface area contributed by atoms with Gasteiger partial charge in [-0.3, -0.25) is 4.79 Å². The Morgan fingerprint density at radius 1 is 1.53 bits per heavy atom.